The average Bonchev–Trinajstić information content (AvgIpc) is 3.21. The number of fused-ring (bicyclic) bond motifs is 1. The molecule has 6 heteroatoms. The standard InChI is InChI=1S/C15H17FN4S/c16-15-10-8-17-21-13(10)6-5-11(15)18-14-7-12(19-20-14)9-3-1-2-4-9/h5-7,9,17H,1-4,8H2,(H2,18,19,20). The van der Waals surface area contributed by atoms with Crippen molar-refractivity contribution in [2.75, 3.05) is 5.32 Å². The fourth-order valence-corrected chi connectivity index (χ4v) is 3.92. The molecule has 0 amide bonds. The van der Waals surface area contributed by atoms with Crippen molar-refractivity contribution in [1.82, 2.24) is 14.9 Å². The summed E-state index contributed by atoms with van der Waals surface area (Å²) < 4.78 is 17.5. The Morgan fingerprint density at radius 1 is 1.29 bits per heavy atom. The molecular weight excluding hydrogens is 287 g/mol. The van der Waals surface area contributed by atoms with E-state index in [1.807, 2.05) is 12.1 Å². The van der Waals surface area contributed by atoms with Crippen LogP contribution < -0.4 is 10.0 Å². The SMILES string of the molecule is Fc1c(Nc2cc(C3CCCC3)[nH]n2)ccc2c1CNS2. The van der Waals surface area contributed by atoms with Crippen molar-refractivity contribution in [3.8, 4) is 0 Å². The van der Waals surface area contributed by atoms with Gasteiger partial charge < -0.3 is 5.32 Å². The fraction of sp³-hybridized carbons (Fsp3) is 0.400. The minimum absolute atomic E-state index is 0.185. The zero-order valence-corrected chi connectivity index (χ0v) is 12.4. The number of aromatic amines is 1. The molecule has 1 aromatic carbocycles. The van der Waals surface area contributed by atoms with Gasteiger partial charge in [-0.1, -0.05) is 12.8 Å². The van der Waals surface area contributed by atoms with Crippen molar-refractivity contribution in [1.29, 1.82) is 0 Å². The Morgan fingerprint density at radius 3 is 3.00 bits per heavy atom. The maximum atomic E-state index is 14.4. The highest BCUT2D eigenvalue weighted by atomic mass is 32.2. The second-order valence-corrected chi connectivity index (χ2v) is 6.57. The molecule has 4 nitrogen and oxygen atoms in total. The zero-order chi connectivity index (χ0) is 14.2. The van der Waals surface area contributed by atoms with Gasteiger partial charge in [0.25, 0.3) is 0 Å². The monoisotopic (exact) mass is 304 g/mol. The Labute approximate surface area is 127 Å². The van der Waals surface area contributed by atoms with Gasteiger partial charge in [0.1, 0.15) is 0 Å². The minimum Gasteiger partial charge on any atom is -0.336 e. The first kappa shape index (κ1) is 13.2. The highest BCUT2D eigenvalue weighted by Gasteiger charge is 2.21. The van der Waals surface area contributed by atoms with Gasteiger partial charge in [0.05, 0.1) is 5.69 Å². The molecule has 0 atom stereocenters. The summed E-state index contributed by atoms with van der Waals surface area (Å²) in [5, 5.41) is 10.4. The van der Waals surface area contributed by atoms with Crippen LogP contribution >= 0.6 is 11.9 Å². The highest BCUT2D eigenvalue weighted by molar-refractivity contribution is 7.97. The van der Waals surface area contributed by atoms with Gasteiger partial charge in [-0.25, -0.2) is 4.39 Å². The van der Waals surface area contributed by atoms with E-state index in [4.69, 9.17) is 0 Å². The molecule has 2 heterocycles. The fourth-order valence-electron chi connectivity index (χ4n) is 3.13. The number of hydrogen-bond donors (Lipinski definition) is 3. The average molecular weight is 304 g/mol. The van der Waals surface area contributed by atoms with Crippen LogP contribution in [0.1, 0.15) is 42.9 Å². The molecule has 1 saturated carbocycles. The number of benzene rings is 1. The molecule has 0 spiro atoms. The van der Waals surface area contributed by atoms with E-state index in [0.717, 1.165) is 16.2 Å². The second kappa shape index (κ2) is 5.35. The van der Waals surface area contributed by atoms with E-state index in [2.05, 4.69) is 20.2 Å². The van der Waals surface area contributed by atoms with Crippen LogP contribution in [0.2, 0.25) is 0 Å². The summed E-state index contributed by atoms with van der Waals surface area (Å²) in [5.41, 5.74) is 2.38. The second-order valence-electron chi connectivity index (χ2n) is 5.64. The summed E-state index contributed by atoms with van der Waals surface area (Å²) in [6.07, 6.45) is 5.02. The summed E-state index contributed by atoms with van der Waals surface area (Å²) in [5.74, 6) is 1.09. The van der Waals surface area contributed by atoms with Gasteiger partial charge in [0.15, 0.2) is 11.6 Å². The molecule has 0 saturated heterocycles. The molecule has 110 valence electrons. The lowest BCUT2D eigenvalue weighted by atomic mass is 10.0. The predicted molar refractivity (Wildman–Crippen MR) is 82.2 cm³/mol. The van der Waals surface area contributed by atoms with Crippen LogP contribution in [-0.2, 0) is 6.54 Å². The lowest BCUT2D eigenvalue weighted by Gasteiger charge is -2.07. The normalized spacial score (nSPS) is 18.1. The molecule has 2 aromatic rings. The maximum absolute atomic E-state index is 14.4. The molecule has 3 N–H and O–H groups in total. The quantitative estimate of drug-likeness (QED) is 0.749. The van der Waals surface area contributed by atoms with E-state index in [1.165, 1.54) is 37.6 Å². The van der Waals surface area contributed by atoms with E-state index in [9.17, 15) is 4.39 Å². The Morgan fingerprint density at radius 2 is 2.14 bits per heavy atom. The minimum atomic E-state index is -0.185. The van der Waals surface area contributed by atoms with Crippen molar-refractivity contribution in [3.05, 3.63) is 35.3 Å². The Hall–Kier alpha value is -1.53. The summed E-state index contributed by atoms with van der Waals surface area (Å²) >= 11 is 1.48. The van der Waals surface area contributed by atoms with Gasteiger partial charge in [-0.05, 0) is 36.9 Å². The predicted octanol–water partition coefficient (Wildman–Crippen LogP) is 4.06. The van der Waals surface area contributed by atoms with Crippen LogP contribution in [0.15, 0.2) is 23.1 Å². The topological polar surface area (TPSA) is 52.7 Å². The van der Waals surface area contributed by atoms with Gasteiger partial charge in [0.2, 0.25) is 0 Å². The van der Waals surface area contributed by atoms with E-state index < -0.39 is 0 Å². The summed E-state index contributed by atoms with van der Waals surface area (Å²) in [6.45, 7) is 0.565. The zero-order valence-electron chi connectivity index (χ0n) is 11.6. The van der Waals surface area contributed by atoms with Crippen molar-refractivity contribution >= 4 is 23.5 Å². The number of aromatic nitrogens is 2. The van der Waals surface area contributed by atoms with Crippen LogP contribution in [0.3, 0.4) is 0 Å². The molecule has 4 rings (SSSR count). The molecule has 1 aromatic heterocycles. The van der Waals surface area contributed by atoms with E-state index in [-0.39, 0.29) is 5.82 Å². The third-order valence-electron chi connectivity index (χ3n) is 4.29. The molecule has 0 unspecified atom stereocenters. The van der Waals surface area contributed by atoms with Gasteiger partial charge in [-0.15, -0.1) is 0 Å². The molecule has 0 radical (unpaired) electrons. The van der Waals surface area contributed by atoms with Crippen molar-refractivity contribution in [2.45, 2.75) is 43.0 Å². The Kier molecular flexibility index (Phi) is 3.35. The number of halogens is 1. The number of H-pyrrole nitrogens is 1. The van der Waals surface area contributed by atoms with Gasteiger partial charge in [-0.2, -0.15) is 5.10 Å². The largest absolute Gasteiger partial charge is 0.336 e. The lowest BCUT2D eigenvalue weighted by molar-refractivity contribution is 0.609. The third kappa shape index (κ3) is 2.42. The molecule has 2 aliphatic rings. The first-order valence-corrected chi connectivity index (χ1v) is 8.16. The lowest BCUT2D eigenvalue weighted by Crippen LogP contribution is -2.00. The summed E-state index contributed by atoms with van der Waals surface area (Å²) in [7, 11) is 0. The molecular formula is C15H17FN4S. The summed E-state index contributed by atoms with van der Waals surface area (Å²) in [4.78, 5) is 0.965. The van der Waals surface area contributed by atoms with E-state index in [0.29, 0.717) is 24.0 Å². The Bertz CT molecular complexity index is 664. The first-order valence-electron chi connectivity index (χ1n) is 7.34. The smallest absolute Gasteiger partial charge is 0.152 e. The number of rotatable bonds is 3. The molecule has 1 aliphatic carbocycles. The summed E-state index contributed by atoms with van der Waals surface area (Å²) in [6, 6.07) is 5.73. The number of nitrogens with zero attached hydrogens (tertiary/aromatic N) is 1. The van der Waals surface area contributed by atoms with Gasteiger partial charge >= 0.3 is 0 Å². The van der Waals surface area contributed by atoms with Gasteiger partial charge in [-0.3, -0.25) is 9.82 Å². The third-order valence-corrected chi connectivity index (χ3v) is 5.18. The van der Waals surface area contributed by atoms with Crippen molar-refractivity contribution in [3.63, 3.8) is 0 Å². The van der Waals surface area contributed by atoms with Crippen LogP contribution in [0.4, 0.5) is 15.9 Å². The maximum Gasteiger partial charge on any atom is 0.152 e. The Balaban J connectivity index is 1.56. The number of nitrogens with one attached hydrogen (secondary N) is 3. The van der Waals surface area contributed by atoms with Crippen molar-refractivity contribution in [2.24, 2.45) is 0 Å². The van der Waals surface area contributed by atoms with Crippen LogP contribution in [0, 0.1) is 5.82 Å². The molecule has 1 aliphatic heterocycles. The molecule has 0 bridgehead atoms. The van der Waals surface area contributed by atoms with Crippen LogP contribution in [0.5, 0.6) is 0 Å². The van der Waals surface area contributed by atoms with Crippen LogP contribution in [-0.4, -0.2) is 10.2 Å². The molecule has 21 heavy (non-hydrogen) atoms. The van der Waals surface area contributed by atoms with Crippen molar-refractivity contribution < 1.29 is 4.39 Å². The molecule has 1 fully saturated rings. The highest BCUT2D eigenvalue weighted by Crippen LogP contribution is 2.36. The van der Waals surface area contributed by atoms with E-state index >= 15 is 0 Å². The van der Waals surface area contributed by atoms with Gasteiger partial charge in [0, 0.05) is 34.7 Å². The van der Waals surface area contributed by atoms with E-state index in [1.54, 1.807) is 6.07 Å². The first-order chi connectivity index (χ1) is 10.3. The van der Waals surface area contributed by atoms with Crippen LogP contribution in [0.25, 0.3) is 0 Å². The number of anilines is 2. The number of hydrogen-bond acceptors (Lipinski definition) is 4.